The van der Waals surface area contributed by atoms with Crippen LogP contribution in [-0.4, -0.2) is 59.4 Å². The van der Waals surface area contributed by atoms with E-state index in [1.807, 2.05) is 12.3 Å². The van der Waals surface area contributed by atoms with Gasteiger partial charge in [-0.15, -0.1) is 0 Å². The van der Waals surface area contributed by atoms with Gasteiger partial charge in [0.2, 0.25) is 0 Å². The first kappa shape index (κ1) is 23.1. The van der Waals surface area contributed by atoms with Gasteiger partial charge in [-0.2, -0.15) is 12.7 Å². The van der Waals surface area contributed by atoms with E-state index in [4.69, 9.17) is 0 Å². The topological polar surface area (TPSA) is 94.2 Å². The third kappa shape index (κ3) is 4.64. The fourth-order valence-corrected chi connectivity index (χ4v) is 7.57. The Morgan fingerprint density at radius 3 is 2.61 bits per heavy atom. The minimum absolute atomic E-state index is 0.303. The highest BCUT2D eigenvalue weighted by Gasteiger charge is 2.56. The number of anilines is 1. The van der Waals surface area contributed by atoms with E-state index in [0.29, 0.717) is 37.5 Å². The summed E-state index contributed by atoms with van der Waals surface area (Å²) >= 11 is 0. The molecule has 3 heterocycles. The van der Waals surface area contributed by atoms with Crippen molar-refractivity contribution < 1.29 is 8.42 Å². The highest BCUT2D eigenvalue weighted by Crippen LogP contribution is 2.46. The summed E-state index contributed by atoms with van der Waals surface area (Å²) in [7, 11) is -3.48. The molecule has 0 radical (unpaired) electrons. The molecule has 2 aromatic rings. The predicted molar refractivity (Wildman–Crippen MR) is 131 cm³/mol. The van der Waals surface area contributed by atoms with E-state index in [1.165, 1.54) is 25.7 Å². The lowest BCUT2D eigenvalue weighted by Crippen LogP contribution is -2.59. The van der Waals surface area contributed by atoms with Gasteiger partial charge in [0.1, 0.15) is 17.8 Å². The Hall–Kier alpha value is -1.71. The van der Waals surface area contributed by atoms with Crippen molar-refractivity contribution >= 4 is 27.1 Å². The summed E-state index contributed by atoms with van der Waals surface area (Å²) in [5, 5.41) is 0.990. The average Bonchev–Trinajstić information content (AvgIpc) is 3.34. The molecule has 2 aliphatic carbocycles. The number of aromatic nitrogens is 3. The van der Waals surface area contributed by atoms with Crippen molar-refractivity contribution in [2.45, 2.75) is 71.3 Å². The van der Waals surface area contributed by atoms with Crippen molar-refractivity contribution in [2.24, 2.45) is 17.3 Å². The molecule has 1 saturated heterocycles. The van der Waals surface area contributed by atoms with Crippen LogP contribution in [0.15, 0.2) is 18.6 Å². The van der Waals surface area contributed by atoms with Crippen LogP contribution in [0, 0.1) is 17.3 Å². The molecular formula is C24H38N6O2S. The zero-order valence-electron chi connectivity index (χ0n) is 20.2. The van der Waals surface area contributed by atoms with Crippen molar-refractivity contribution in [1.82, 2.24) is 24.0 Å². The maximum absolute atomic E-state index is 13.2. The Bertz CT molecular complexity index is 1080. The lowest BCUT2D eigenvalue weighted by Gasteiger charge is -2.41. The average molecular weight is 475 g/mol. The van der Waals surface area contributed by atoms with Crippen LogP contribution in [0.4, 0.5) is 5.82 Å². The summed E-state index contributed by atoms with van der Waals surface area (Å²) in [6.07, 6.45) is 11.2. The summed E-state index contributed by atoms with van der Waals surface area (Å²) in [6.45, 7) is 9.36. The molecule has 0 unspecified atom stereocenters. The Kier molecular flexibility index (Phi) is 5.94. The second kappa shape index (κ2) is 8.50. The van der Waals surface area contributed by atoms with Crippen LogP contribution in [0.1, 0.15) is 65.7 Å². The number of nitrogens with zero attached hydrogens (tertiary/aromatic N) is 4. The number of H-pyrrole nitrogens is 1. The Labute approximate surface area is 197 Å². The summed E-state index contributed by atoms with van der Waals surface area (Å²) < 4.78 is 31.2. The Balaban J connectivity index is 1.17. The normalized spacial score (nSPS) is 26.2. The zero-order chi connectivity index (χ0) is 23.3. The van der Waals surface area contributed by atoms with Gasteiger partial charge in [-0.1, -0.05) is 33.6 Å². The van der Waals surface area contributed by atoms with Gasteiger partial charge in [-0.25, -0.2) is 14.7 Å². The number of hydrogen-bond donors (Lipinski definition) is 2. The number of rotatable bonds is 6. The van der Waals surface area contributed by atoms with E-state index < -0.39 is 10.2 Å². The summed E-state index contributed by atoms with van der Waals surface area (Å²) in [5.41, 5.74) is 0.895. The van der Waals surface area contributed by atoms with Crippen LogP contribution in [0.3, 0.4) is 0 Å². The van der Waals surface area contributed by atoms with Gasteiger partial charge >= 0.3 is 0 Å². The largest absolute Gasteiger partial charge is 0.353 e. The summed E-state index contributed by atoms with van der Waals surface area (Å²) in [4.78, 5) is 14.2. The monoisotopic (exact) mass is 474 g/mol. The smallest absolute Gasteiger partial charge is 0.280 e. The van der Waals surface area contributed by atoms with Crippen molar-refractivity contribution in [2.75, 3.05) is 31.1 Å². The lowest BCUT2D eigenvalue weighted by molar-refractivity contribution is 0.147. The molecule has 2 N–H and O–H groups in total. The molecule has 1 aliphatic heterocycles. The maximum atomic E-state index is 13.2. The highest BCUT2D eigenvalue weighted by molar-refractivity contribution is 7.87. The van der Waals surface area contributed by atoms with Crippen molar-refractivity contribution in [3.8, 4) is 0 Å². The van der Waals surface area contributed by atoms with Crippen LogP contribution in [-0.2, 0) is 10.2 Å². The molecule has 5 rings (SSSR count). The second-order valence-electron chi connectivity index (χ2n) is 11.4. The molecule has 8 nitrogen and oxygen atoms in total. The minimum Gasteiger partial charge on any atom is -0.353 e. The second-order valence-corrected chi connectivity index (χ2v) is 13.1. The van der Waals surface area contributed by atoms with Gasteiger partial charge in [0.15, 0.2) is 0 Å². The predicted octanol–water partition coefficient (Wildman–Crippen LogP) is 3.69. The fraction of sp³-hybridized carbons (Fsp3) is 0.750. The first-order chi connectivity index (χ1) is 15.7. The van der Waals surface area contributed by atoms with Crippen molar-refractivity contribution in [3.63, 3.8) is 0 Å². The fourth-order valence-electron chi connectivity index (χ4n) is 5.97. The lowest BCUT2D eigenvalue weighted by atomic mass is 9.69. The van der Waals surface area contributed by atoms with E-state index in [2.05, 4.69) is 45.3 Å². The van der Waals surface area contributed by atoms with Gasteiger partial charge in [0.05, 0.1) is 10.9 Å². The summed E-state index contributed by atoms with van der Waals surface area (Å²) in [5.74, 6) is 2.32. The molecule has 0 amide bonds. The van der Waals surface area contributed by atoms with Gasteiger partial charge in [0, 0.05) is 32.4 Å². The number of nitrogens with one attached hydrogen (secondary N) is 2. The first-order valence-electron chi connectivity index (χ1n) is 12.5. The van der Waals surface area contributed by atoms with Crippen LogP contribution in [0.5, 0.6) is 0 Å². The molecule has 9 heteroatoms. The molecule has 0 aromatic carbocycles. The van der Waals surface area contributed by atoms with E-state index in [-0.39, 0.29) is 5.54 Å². The van der Waals surface area contributed by atoms with E-state index in [9.17, 15) is 8.42 Å². The Morgan fingerprint density at radius 1 is 1.15 bits per heavy atom. The number of aromatic amines is 1. The van der Waals surface area contributed by atoms with Crippen LogP contribution < -0.4 is 9.62 Å². The summed E-state index contributed by atoms with van der Waals surface area (Å²) in [6, 6.07) is 1.99. The van der Waals surface area contributed by atoms with Gasteiger partial charge in [-0.05, 0) is 55.4 Å². The molecule has 0 atom stereocenters. The molecule has 3 fully saturated rings. The first-order valence-corrected chi connectivity index (χ1v) is 13.9. The SMILES string of the molecule is CC(C)(C)C1CCC(CCNS(=O)(=O)N2CCN(c3ncnc4[nH]ccc34)CC23CC3)CC1. The molecule has 1 spiro atoms. The quantitative estimate of drug-likeness (QED) is 0.666. The molecular weight excluding hydrogens is 436 g/mol. The molecule has 182 valence electrons. The molecule has 2 saturated carbocycles. The maximum Gasteiger partial charge on any atom is 0.280 e. The van der Waals surface area contributed by atoms with Gasteiger partial charge in [-0.3, -0.25) is 0 Å². The number of fused-ring (bicyclic) bond motifs is 1. The minimum atomic E-state index is -3.48. The van der Waals surface area contributed by atoms with E-state index in [1.54, 1.807) is 10.6 Å². The zero-order valence-corrected chi connectivity index (χ0v) is 21.0. The standard InChI is InChI=1S/C24H38N6O2S/c1-23(2,3)19-6-4-18(5-7-19)8-13-28-33(31,32)30-15-14-29(16-24(30)10-11-24)22-20-9-12-25-21(20)26-17-27-22/h9,12,17-19,28H,4-8,10-11,13-16H2,1-3H3,(H,25,26,27). The third-order valence-corrected chi connectivity index (χ3v) is 9.96. The number of hydrogen-bond acceptors (Lipinski definition) is 5. The van der Waals surface area contributed by atoms with Crippen molar-refractivity contribution in [1.29, 1.82) is 0 Å². The van der Waals surface area contributed by atoms with Gasteiger partial charge < -0.3 is 9.88 Å². The van der Waals surface area contributed by atoms with Crippen LogP contribution in [0.2, 0.25) is 0 Å². The third-order valence-electron chi connectivity index (χ3n) is 8.25. The van der Waals surface area contributed by atoms with Crippen molar-refractivity contribution in [3.05, 3.63) is 18.6 Å². The van der Waals surface area contributed by atoms with E-state index in [0.717, 1.165) is 42.0 Å². The molecule has 33 heavy (non-hydrogen) atoms. The van der Waals surface area contributed by atoms with Crippen LogP contribution >= 0.6 is 0 Å². The molecule has 3 aliphatic rings. The van der Waals surface area contributed by atoms with E-state index >= 15 is 0 Å². The Morgan fingerprint density at radius 2 is 1.91 bits per heavy atom. The molecule has 0 bridgehead atoms. The van der Waals surface area contributed by atoms with Crippen LogP contribution in [0.25, 0.3) is 11.0 Å². The number of piperazine rings is 1. The van der Waals surface area contributed by atoms with Gasteiger partial charge in [0.25, 0.3) is 10.2 Å². The molecule has 2 aromatic heterocycles. The highest BCUT2D eigenvalue weighted by atomic mass is 32.2.